The molecule has 0 amide bonds. The zero-order chi connectivity index (χ0) is 20.1. The molecule has 1 fully saturated rings. The lowest BCUT2D eigenvalue weighted by molar-refractivity contribution is -0.159. The summed E-state index contributed by atoms with van der Waals surface area (Å²) in [6.45, 7) is 9.29. The maximum Gasteiger partial charge on any atom is 0.313 e. The van der Waals surface area contributed by atoms with Gasteiger partial charge in [0.25, 0.3) is 0 Å². The maximum atomic E-state index is 14.3. The van der Waals surface area contributed by atoms with Crippen LogP contribution < -0.4 is 0 Å². The number of rotatable bonds is 7. The normalized spacial score (nSPS) is 20.3. The van der Waals surface area contributed by atoms with Gasteiger partial charge >= 0.3 is 5.97 Å². The van der Waals surface area contributed by atoms with Gasteiger partial charge in [-0.25, -0.2) is 4.39 Å². The first-order valence-electron chi connectivity index (χ1n) is 10.1. The Labute approximate surface area is 166 Å². The van der Waals surface area contributed by atoms with Crippen LogP contribution >= 0.6 is 0 Å². The zero-order valence-corrected chi connectivity index (χ0v) is 17.1. The standard InChI is InChI=1S/C22H30FN3O2/c1-4-26-15-19(17(3)24-26)14-25-12-8-11-22(16-25,21(27)28-5-2)13-18-9-6-7-10-20(18)23/h6-7,9-10,15H,4-5,8,11-14,16H2,1-3H3/t22-/m0/s1. The second-order valence-corrected chi connectivity index (χ2v) is 7.68. The fourth-order valence-electron chi connectivity index (χ4n) is 4.15. The van der Waals surface area contributed by atoms with Crippen molar-refractivity contribution in [1.82, 2.24) is 14.7 Å². The summed E-state index contributed by atoms with van der Waals surface area (Å²) in [7, 11) is 0. The number of hydrogen-bond donors (Lipinski definition) is 0. The van der Waals surface area contributed by atoms with E-state index in [1.165, 1.54) is 11.6 Å². The van der Waals surface area contributed by atoms with Gasteiger partial charge < -0.3 is 4.74 Å². The molecule has 0 radical (unpaired) electrons. The maximum absolute atomic E-state index is 14.3. The van der Waals surface area contributed by atoms with Crippen LogP contribution in [0.2, 0.25) is 0 Å². The van der Waals surface area contributed by atoms with Crippen molar-refractivity contribution >= 4 is 5.97 Å². The minimum absolute atomic E-state index is 0.219. The average Bonchev–Trinajstić information content (AvgIpc) is 3.04. The summed E-state index contributed by atoms with van der Waals surface area (Å²) in [5.74, 6) is -0.479. The molecule has 0 saturated carbocycles. The minimum Gasteiger partial charge on any atom is -0.466 e. The molecule has 0 spiro atoms. The van der Waals surface area contributed by atoms with Crippen molar-refractivity contribution in [3.63, 3.8) is 0 Å². The molecule has 0 aliphatic carbocycles. The molecule has 1 atom stereocenters. The molecule has 5 nitrogen and oxygen atoms in total. The fourth-order valence-corrected chi connectivity index (χ4v) is 4.15. The summed E-state index contributed by atoms with van der Waals surface area (Å²) in [5, 5.41) is 4.52. The molecule has 2 heterocycles. The Morgan fingerprint density at radius 1 is 1.29 bits per heavy atom. The molecular formula is C22H30FN3O2. The van der Waals surface area contributed by atoms with E-state index in [4.69, 9.17) is 4.74 Å². The number of hydrogen-bond acceptors (Lipinski definition) is 4. The molecular weight excluding hydrogens is 357 g/mol. The first-order chi connectivity index (χ1) is 13.5. The van der Waals surface area contributed by atoms with Crippen LogP contribution in [0.5, 0.6) is 0 Å². The number of halogens is 1. The summed E-state index contributed by atoms with van der Waals surface area (Å²) in [6.07, 6.45) is 4.03. The van der Waals surface area contributed by atoms with Gasteiger partial charge in [-0.3, -0.25) is 14.4 Å². The first kappa shape index (κ1) is 20.5. The summed E-state index contributed by atoms with van der Waals surface area (Å²) in [4.78, 5) is 15.2. The van der Waals surface area contributed by atoms with E-state index in [-0.39, 0.29) is 11.8 Å². The number of aryl methyl sites for hydroxylation is 2. The van der Waals surface area contributed by atoms with Gasteiger partial charge in [0.2, 0.25) is 0 Å². The number of esters is 1. The summed E-state index contributed by atoms with van der Waals surface area (Å²) < 4.78 is 21.7. The number of benzene rings is 1. The Morgan fingerprint density at radius 2 is 2.07 bits per heavy atom. The molecule has 0 unspecified atom stereocenters. The summed E-state index contributed by atoms with van der Waals surface area (Å²) >= 11 is 0. The van der Waals surface area contributed by atoms with E-state index in [0.29, 0.717) is 31.6 Å². The Balaban J connectivity index is 1.83. The Hall–Kier alpha value is -2.21. The van der Waals surface area contributed by atoms with E-state index in [0.717, 1.165) is 31.7 Å². The highest BCUT2D eigenvalue weighted by Gasteiger charge is 2.44. The molecule has 3 rings (SSSR count). The quantitative estimate of drug-likeness (QED) is 0.679. The van der Waals surface area contributed by atoms with Gasteiger partial charge in [-0.05, 0) is 58.2 Å². The number of nitrogens with zero attached hydrogens (tertiary/aromatic N) is 3. The highest BCUT2D eigenvalue weighted by atomic mass is 19.1. The lowest BCUT2D eigenvalue weighted by Crippen LogP contribution is -2.49. The molecule has 2 aromatic rings. The van der Waals surface area contributed by atoms with E-state index in [2.05, 4.69) is 23.1 Å². The number of ether oxygens (including phenoxy) is 1. The zero-order valence-electron chi connectivity index (χ0n) is 17.1. The van der Waals surface area contributed by atoms with Gasteiger partial charge in [-0.2, -0.15) is 5.10 Å². The van der Waals surface area contributed by atoms with E-state index < -0.39 is 5.41 Å². The van der Waals surface area contributed by atoms with Crippen LogP contribution in [0.3, 0.4) is 0 Å². The smallest absolute Gasteiger partial charge is 0.313 e. The van der Waals surface area contributed by atoms with Crippen LogP contribution in [-0.2, 0) is 29.0 Å². The van der Waals surface area contributed by atoms with E-state index in [1.807, 2.05) is 24.6 Å². The van der Waals surface area contributed by atoms with Gasteiger partial charge in [-0.1, -0.05) is 18.2 Å². The van der Waals surface area contributed by atoms with Crippen molar-refractivity contribution in [3.8, 4) is 0 Å². The van der Waals surface area contributed by atoms with Crippen LogP contribution in [0.25, 0.3) is 0 Å². The van der Waals surface area contributed by atoms with Crippen molar-refractivity contribution in [1.29, 1.82) is 0 Å². The predicted octanol–water partition coefficient (Wildman–Crippen LogP) is 3.74. The minimum atomic E-state index is -0.717. The highest BCUT2D eigenvalue weighted by Crippen LogP contribution is 2.36. The molecule has 28 heavy (non-hydrogen) atoms. The molecule has 1 aliphatic rings. The van der Waals surface area contributed by atoms with Crippen molar-refractivity contribution in [2.45, 2.75) is 53.1 Å². The van der Waals surface area contributed by atoms with Crippen LogP contribution in [-0.4, -0.2) is 40.3 Å². The van der Waals surface area contributed by atoms with Crippen LogP contribution in [0.4, 0.5) is 4.39 Å². The second kappa shape index (κ2) is 8.86. The number of carbonyl (C=O) groups is 1. The van der Waals surface area contributed by atoms with Crippen LogP contribution in [0.15, 0.2) is 30.5 Å². The van der Waals surface area contributed by atoms with Crippen molar-refractivity contribution in [3.05, 3.63) is 53.1 Å². The highest BCUT2D eigenvalue weighted by molar-refractivity contribution is 5.77. The largest absolute Gasteiger partial charge is 0.466 e. The van der Waals surface area contributed by atoms with E-state index >= 15 is 0 Å². The van der Waals surface area contributed by atoms with Gasteiger partial charge in [0.05, 0.1) is 17.7 Å². The average molecular weight is 387 g/mol. The third-order valence-electron chi connectivity index (χ3n) is 5.62. The third-order valence-corrected chi connectivity index (χ3v) is 5.62. The topological polar surface area (TPSA) is 47.4 Å². The molecule has 0 bridgehead atoms. The summed E-state index contributed by atoms with van der Waals surface area (Å²) in [5.41, 5.74) is 2.05. The molecule has 1 saturated heterocycles. The van der Waals surface area contributed by atoms with Gasteiger partial charge in [0, 0.05) is 31.4 Å². The molecule has 1 aliphatic heterocycles. The number of likely N-dealkylation sites (tertiary alicyclic amines) is 1. The number of aromatic nitrogens is 2. The van der Waals surface area contributed by atoms with Crippen molar-refractivity contribution < 1.29 is 13.9 Å². The van der Waals surface area contributed by atoms with Crippen LogP contribution in [0, 0.1) is 18.2 Å². The second-order valence-electron chi connectivity index (χ2n) is 7.68. The number of piperidine rings is 1. The van der Waals surface area contributed by atoms with Crippen molar-refractivity contribution in [2.24, 2.45) is 5.41 Å². The van der Waals surface area contributed by atoms with Crippen LogP contribution in [0.1, 0.15) is 43.5 Å². The Kier molecular flexibility index (Phi) is 6.50. The number of carbonyl (C=O) groups excluding carboxylic acids is 1. The molecule has 152 valence electrons. The van der Waals surface area contributed by atoms with Gasteiger partial charge in [0.15, 0.2) is 0 Å². The molecule has 0 N–H and O–H groups in total. The molecule has 1 aromatic carbocycles. The lowest BCUT2D eigenvalue weighted by atomic mass is 9.75. The third kappa shape index (κ3) is 4.43. The van der Waals surface area contributed by atoms with E-state index in [1.54, 1.807) is 12.1 Å². The van der Waals surface area contributed by atoms with E-state index in [9.17, 15) is 9.18 Å². The first-order valence-corrected chi connectivity index (χ1v) is 10.1. The molecule has 6 heteroatoms. The fraction of sp³-hybridized carbons (Fsp3) is 0.545. The predicted molar refractivity (Wildman–Crippen MR) is 106 cm³/mol. The molecule has 1 aromatic heterocycles. The monoisotopic (exact) mass is 387 g/mol. The Bertz CT molecular complexity index is 820. The van der Waals surface area contributed by atoms with Crippen molar-refractivity contribution in [2.75, 3.05) is 19.7 Å². The summed E-state index contributed by atoms with van der Waals surface area (Å²) in [6, 6.07) is 6.72. The SMILES string of the molecule is CCOC(=O)[C@]1(Cc2ccccc2F)CCCN(Cc2cn(CC)nc2C)C1. The lowest BCUT2D eigenvalue weighted by Gasteiger charge is -2.41. The van der Waals surface area contributed by atoms with Gasteiger partial charge in [-0.15, -0.1) is 0 Å². The Morgan fingerprint density at radius 3 is 2.75 bits per heavy atom. The van der Waals surface area contributed by atoms with Gasteiger partial charge in [0.1, 0.15) is 5.82 Å².